The van der Waals surface area contributed by atoms with Gasteiger partial charge in [0.15, 0.2) is 17.3 Å². The summed E-state index contributed by atoms with van der Waals surface area (Å²) >= 11 is 0. The Kier molecular flexibility index (Phi) is 3.37. The first-order chi connectivity index (χ1) is 9.74. The minimum Gasteiger partial charge on any atom is -0.486 e. The molecule has 3 nitrogen and oxygen atoms in total. The highest BCUT2D eigenvalue weighted by Gasteiger charge is 2.16. The van der Waals surface area contributed by atoms with Crippen molar-refractivity contribution in [1.29, 1.82) is 0 Å². The first-order valence-corrected chi connectivity index (χ1v) is 6.40. The lowest BCUT2D eigenvalue weighted by molar-refractivity contribution is 0.0990. The van der Waals surface area contributed by atoms with E-state index in [-0.39, 0.29) is 18.0 Å². The van der Waals surface area contributed by atoms with E-state index in [9.17, 15) is 9.18 Å². The predicted octanol–water partition coefficient (Wildman–Crippen LogP) is 3.02. The molecule has 2 aromatic carbocycles. The van der Waals surface area contributed by atoms with Gasteiger partial charge < -0.3 is 9.47 Å². The number of carbonyl (C=O) groups excluding carboxylic acids is 1. The lowest BCUT2D eigenvalue weighted by Gasteiger charge is -2.18. The second kappa shape index (κ2) is 5.33. The van der Waals surface area contributed by atoms with Crippen molar-refractivity contribution in [3.05, 3.63) is 59.4 Å². The first kappa shape index (κ1) is 12.7. The van der Waals surface area contributed by atoms with Crippen LogP contribution in [0.25, 0.3) is 0 Å². The van der Waals surface area contributed by atoms with Crippen molar-refractivity contribution in [2.45, 2.75) is 6.42 Å². The average molecular weight is 272 g/mol. The summed E-state index contributed by atoms with van der Waals surface area (Å²) in [4.78, 5) is 12.2. The van der Waals surface area contributed by atoms with Crippen LogP contribution in [0.4, 0.5) is 4.39 Å². The van der Waals surface area contributed by atoms with Crippen LogP contribution in [0.1, 0.15) is 15.9 Å². The first-order valence-electron chi connectivity index (χ1n) is 6.40. The third kappa shape index (κ3) is 2.50. The number of hydrogen-bond acceptors (Lipinski definition) is 3. The summed E-state index contributed by atoms with van der Waals surface area (Å²) in [6, 6.07) is 11.3. The quantitative estimate of drug-likeness (QED) is 0.806. The molecule has 0 unspecified atom stereocenters. The number of Topliss-reactive ketones (excluding diaryl/α,β-unsaturated/α-hetero) is 1. The van der Waals surface area contributed by atoms with Crippen LogP contribution in [-0.4, -0.2) is 19.0 Å². The van der Waals surface area contributed by atoms with Crippen molar-refractivity contribution >= 4 is 5.78 Å². The Morgan fingerprint density at radius 3 is 2.60 bits per heavy atom. The summed E-state index contributed by atoms with van der Waals surface area (Å²) in [7, 11) is 0. The lowest BCUT2D eigenvalue weighted by Crippen LogP contribution is -2.16. The minimum atomic E-state index is -0.363. The van der Waals surface area contributed by atoms with Gasteiger partial charge in [-0.25, -0.2) is 4.39 Å². The number of fused-ring (bicyclic) bond motifs is 1. The molecule has 0 radical (unpaired) electrons. The van der Waals surface area contributed by atoms with Crippen LogP contribution >= 0.6 is 0 Å². The summed E-state index contributed by atoms with van der Waals surface area (Å²) in [5, 5.41) is 0. The van der Waals surface area contributed by atoms with E-state index in [1.165, 1.54) is 6.07 Å². The van der Waals surface area contributed by atoms with Crippen LogP contribution in [0.3, 0.4) is 0 Å². The number of carbonyl (C=O) groups is 1. The van der Waals surface area contributed by atoms with Crippen molar-refractivity contribution in [3.63, 3.8) is 0 Å². The summed E-state index contributed by atoms with van der Waals surface area (Å²) < 4.78 is 24.4. The third-order valence-electron chi connectivity index (χ3n) is 3.17. The van der Waals surface area contributed by atoms with E-state index in [1.54, 1.807) is 36.4 Å². The number of halogens is 1. The molecule has 1 aliphatic heterocycles. The average Bonchev–Trinajstić information content (AvgIpc) is 2.49. The van der Waals surface area contributed by atoms with Crippen molar-refractivity contribution in [1.82, 2.24) is 0 Å². The molecule has 0 amide bonds. The van der Waals surface area contributed by atoms with Gasteiger partial charge in [-0.1, -0.05) is 18.2 Å². The van der Waals surface area contributed by atoms with Gasteiger partial charge in [0, 0.05) is 12.0 Å². The number of hydrogen-bond donors (Lipinski definition) is 0. The highest BCUT2D eigenvalue weighted by Crippen LogP contribution is 2.31. The summed E-state index contributed by atoms with van der Waals surface area (Å²) in [5.74, 6) is 0.694. The highest BCUT2D eigenvalue weighted by molar-refractivity contribution is 5.98. The van der Waals surface area contributed by atoms with Gasteiger partial charge >= 0.3 is 0 Å². The standard InChI is InChI=1S/C16H13FO3/c17-13-4-2-1-3-11(13)9-14(18)12-5-6-15-16(10-12)20-8-7-19-15/h1-6,10H,7-9H2. The fraction of sp³-hybridized carbons (Fsp3) is 0.188. The molecule has 0 atom stereocenters. The second-order valence-electron chi connectivity index (χ2n) is 4.55. The van der Waals surface area contributed by atoms with Crippen LogP contribution in [0.5, 0.6) is 11.5 Å². The fourth-order valence-electron chi connectivity index (χ4n) is 2.13. The van der Waals surface area contributed by atoms with E-state index >= 15 is 0 Å². The van der Waals surface area contributed by atoms with Crippen molar-refractivity contribution < 1.29 is 18.7 Å². The Balaban J connectivity index is 1.82. The Morgan fingerprint density at radius 2 is 1.80 bits per heavy atom. The van der Waals surface area contributed by atoms with Gasteiger partial charge in [0.1, 0.15) is 19.0 Å². The maximum Gasteiger partial charge on any atom is 0.167 e. The minimum absolute atomic E-state index is 0.0340. The van der Waals surface area contributed by atoms with Gasteiger partial charge in [0.05, 0.1) is 0 Å². The SMILES string of the molecule is O=C(Cc1ccccc1F)c1ccc2c(c1)OCCO2. The Hall–Kier alpha value is -2.36. The third-order valence-corrected chi connectivity index (χ3v) is 3.17. The van der Waals surface area contributed by atoms with E-state index in [4.69, 9.17) is 9.47 Å². The number of rotatable bonds is 3. The van der Waals surface area contributed by atoms with Crippen LogP contribution in [0, 0.1) is 5.82 Å². The molecule has 2 aromatic rings. The molecule has 20 heavy (non-hydrogen) atoms. The van der Waals surface area contributed by atoms with Crippen LogP contribution < -0.4 is 9.47 Å². The molecule has 1 aliphatic rings. The van der Waals surface area contributed by atoms with E-state index in [0.717, 1.165) is 0 Å². The Labute approximate surface area is 115 Å². The molecule has 0 saturated carbocycles. The van der Waals surface area contributed by atoms with Gasteiger partial charge in [-0.2, -0.15) is 0 Å². The summed E-state index contributed by atoms with van der Waals surface area (Å²) in [6.45, 7) is 0.980. The zero-order valence-corrected chi connectivity index (χ0v) is 10.8. The van der Waals surface area contributed by atoms with Gasteiger partial charge in [-0.3, -0.25) is 4.79 Å². The molecule has 0 aliphatic carbocycles. The van der Waals surface area contributed by atoms with E-state index < -0.39 is 0 Å². The maximum atomic E-state index is 13.5. The molecule has 0 spiro atoms. The normalized spacial score (nSPS) is 13.1. The van der Waals surface area contributed by atoms with E-state index in [0.29, 0.717) is 35.8 Å². The molecular weight excluding hydrogens is 259 g/mol. The smallest absolute Gasteiger partial charge is 0.167 e. The van der Waals surface area contributed by atoms with Crippen LogP contribution in [0.15, 0.2) is 42.5 Å². The van der Waals surface area contributed by atoms with Crippen molar-refractivity contribution in [2.24, 2.45) is 0 Å². The van der Waals surface area contributed by atoms with Crippen molar-refractivity contribution in [3.8, 4) is 11.5 Å². The lowest BCUT2D eigenvalue weighted by atomic mass is 10.0. The van der Waals surface area contributed by atoms with E-state index in [2.05, 4.69) is 0 Å². The number of ether oxygens (including phenoxy) is 2. The molecule has 0 saturated heterocycles. The van der Waals surface area contributed by atoms with Gasteiger partial charge in [0.25, 0.3) is 0 Å². The van der Waals surface area contributed by atoms with Crippen molar-refractivity contribution in [2.75, 3.05) is 13.2 Å². The summed E-state index contributed by atoms with van der Waals surface area (Å²) in [6.07, 6.45) is 0.0340. The fourth-order valence-corrected chi connectivity index (χ4v) is 2.13. The molecule has 102 valence electrons. The monoisotopic (exact) mass is 272 g/mol. The number of ketones is 1. The molecule has 4 heteroatoms. The highest BCUT2D eigenvalue weighted by atomic mass is 19.1. The molecule has 1 heterocycles. The molecular formula is C16H13FO3. The second-order valence-corrected chi connectivity index (χ2v) is 4.55. The summed E-state index contributed by atoms with van der Waals surface area (Å²) in [5.41, 5.74) is 0.893. The molecule has 0 bridgehead atoms. The van der Waals surface area contributed by atoms with E-state index in [1.807, 2.05) is 0 Å². The zero-order chi connectivity index (χ0) is 13.9. The van der Waals surface area contributed by atoms with Gasteiger partial charge in [0.2, 0.25) is 0 Å². The van der Waals surface area contributed by atoms with Gasteiger partial charge in [-0.15, -0.1) is 0 Å². The predicted molar refractivity (Wildman–Crippen MR) is 71.9 cm³/mol. The number of benzene rings is 2. The molecule has 0 aromatic heterocycles. The Morgan fingerprint density at radius 1 is 1.05 bits per heavy atom. The van der Waals surface area contributed by atoms with Crippen LogP contribution in [0.2, 0.25) is 0 Å². The maximum absolute atomic E-state index is 13.5. The topological polar surface area (TPSA) is 35.5 Å². The van der Waals surface area contributed by atoms with Gasteiger partial charge in [-0.05, 0) is 29.8 Å². The molecule has 0 fully saturated rings. The largest absolute Gasteiger partial charge is 0.486 e. The van der Waals surface area contributed by atoms with Crippen LogP contribution in [-0.2, 0) is 6.42 Å². The molecule has 3 rings (SSSR count). The Bertz CT molecular complexity index is 652. The molecule has 0 N–H and O–H groups in total. The zero-order valence-electron chi connectivity index (χ0n) is 10.8.